The van der Waals surface area contributed by atoms with E-state index < -0.39 is 10.8 Å². The Bertz CT molecular complexity index is 328. The largest absolute Gasteiger partial charge is 0.250 e. The Labute approximate surface area is 74.9 Å². The van der Waals surface area contributed by atoms with E-state index in [1.54, 1.807) is 6.08 Å². The molecular weight excluding hydrogens is 168 g/mol. The van der Waals surface area contributed by atoms with E-state index in [1.165, 1.54) is 5.41 Å². The van der Waals surface area contributed by atoms with Gasteiger partial charge >= 0.3 is 0 Å². The maximum Gasteiger partial charge on any atom is 0.0776 e. The molecule has 1 rings (SSSR count). The Hall–Kier alpha value is -1.15. The molecular formula is C10H10OS. The minimum atomic E-state index is -1.11. The van der Waals surface area contributed by atoms with Crippen molar-refractivity contribution in [2.45, 2.75) is 4.90 Å². The van der Waals surface area contributed by atoms with Gasteiger partial charge in [0, 0.05) is 5.41 Å². The van der Waals surface area contributed by atoms with Crippen molar-refractivity contribution in [2.24, 2.45) is 0 Å². The predicted molar refractivity (Wildman–Crippen MR) is 53.1 cm³/mol. The van der Waals surface area contributed by atoms with Gasteiger partial charge in [0.15, 0.2) is 0 Å². The van der Waals surface area contributed by atoms with Crippen LogP contribution in [0.25, 0.3) is 6.08 Å². The average Bonchev–Trinajstić information content (AvgIpc) is 2.16. The molecule has 0 heterocycles. The van der Waals surface area contributed by atoms with Crippen molar-refractivity contribution >= 4 is 16.9 Å². The normalized spacial score (nSPS) is 12.0. The summed E-state index contributed by atoms with van der Waals surface area (Å²) in [5.41, 5.74) is 0.899. The molecule has 1 atom stereocenters. The number of hydrogen-bond acceptors (Lipinski definition) is 1. The van der Waals surface area contributed by atoms with Gasteiger partial charge in [0.2, 0.25) is 0 Å². The van der Waals surface area contributed by atoms with Crippen LogP contribution in [0.5, 0.6) is 0 Å². The van der Waals surface area contributed by atoms with E-state index in [0.29, 0.717) is 0 Å². The van der Waals surface area contributed by atoms with Gasteiger partial charge in [0.25, 0.3) is 0 Å². The van der Waals surface area contributed by atoms with E-state index in [-0.39, 0.29) is 0 Å². The minimum Gasteiger partial charge on any atom is -0.250 e. The lowest BCUT2D eigenvalue weighted by Crippen LogP contribution is -1.88. The van der Waals surface area contributed by atoms with Gasteiger partial charge in [-0.25, -0.2) is 4.21 Å². The molecule has 0 saturated heterocycles. The molecule has 0 spiro atoms. The highest BCUT2D eigenvalue weighted by Gasteiger charge is 2.01. The zero-order chi connectivity index (χ0) is 8.97. The molecule has 1 nitrogen and oxygen atoms in total. The van der Waals surface area contributed by atoms with Gasteiger partial charge in [-0.3, -0.25) is 0 Å². The van der Waals surface area contributed by atoms with Crippen molar-refractivity contribution in [1.82, 2.24) is 0 Å². The highest BCUT2D eigenvalue weighted by Crippen LogP contribution is 2.14. The SMILES string of the molecule is C=Cc1ccccc1S(=O)C=C. The van der Waals surface area contributed by atoms with E-state index in [4.69, 9.17) is 0 Å². The summed E-state index contributed by atoms with van der Waals surface area (Å²) in [6, 6.07) is 7.43. The van der Waals surface area contributed by atoms with E-state index >= 15 is 0 Å². The summed E-state index contributed by atoms with van der Waals surface area (Å²) in [4.78, 5) is 0.766. The van der Waals surface area contributed by atoms with Gasteiger partial charge < -0.3 is 0 Å². The second kappa shape index (κ2) is 4.02. The summed E-state index contributed by atoms with van der Waals surface area (Å²) in [6.45, 7) is 7.12. The second-order valence-electron chi connectivity index (χ2n) is 2.21. The van der Waals surface area contributed by atoms with Crippen molar-refractivity contribution < 1.29 is 4.21 Å². The van der Waals surface area contributed by atoms with Gasteiger partial charge in [-0.15, -0.1) is 0 Å². The molecule has 0 saturated carbocycles. The molecule has 0 N–H and O–H groups in total. The third kappa shape index (κ3) is 1.71. The van der Waals surface area contributed by atoms with Gasteiger partial charge in [-0.2, -0.15) is 0 Å². The summed E-state index contributed by atoms with van der Waals surface area (Å²) in [6.07, 6.45) is 1.69. The van der Waals surface area contributed by atoms with Crippen LogP contribution in [0.4, 0.5) is 0 Å². The summed E-state index contributed by atoms with van der Waals surface area (Å²) < 4.78 is 11.3. The summed E-state index contributed by atoms with van der Waals surface area (Å²) >= 11 is 0. The molecule has 2 heteroatoms. The first kappa shape index (κ1) is 8.94. The number of rotatable bonds is 3. The first-order chi connectivity index (χ1) is 5.79. The highest BCUT2D eigenvalue weighted by atomic mass is 32.2. The van der Waals surface area contributed by atoms with Crippen LogP contribution in [0, 0.1) is 0 Å². The maximum absolute atomic E-state index is 11.3. The second-order valence-corrected chi connectivity index (χ2v) is 3.57. The van der Waals surface area contributed by atoms with Crippen LogP contribution in [0.15, 0.2) is 47.7 Å². The molecule has 62 valence electrons. The van der Waals surface area contributed by atoms with Crippen LogP contribution in [0.3, 0.4) is 0 Å². The fourth-order valence-electron chi connectivity index (χ4n) is 0.922. The van der Waals surface area contributed by atoms with Crippen molar-refractivity contribution in [3.8, 4) is 0 Å². The quantitative estimate of drug-likeness (QED) is 0.695. The molecule has 0 aromatic heterocycles. The summed E-state index contributed by atoms with van der Waals surface area (Å²) in [5.74, 6) is 0. The fourth-order valence-corrected chi connectivity index (χ4v) is 1.70. The Balaban J connectivity index is 3.21. The smallest absolute Gasteiger partial charge is 0.0776 e. The minimum absolute atomic E-state index is 0.766. The van der Waals surface area contributed by atoms with Gasteiger partial charge in [0.05, 0.1) is 15.7 Å². The maximum atomic E-state index is 11.3. The third-order valence-electron chi connectivity index (χ3n) is 1.51. The van der Waals surface area contributed by atoms with E-state index in [0.717, 1.165) is 10.5 Å². The standard InChI is InChI=1S/C10H10OS/c1-3-9-7-5-6-8-10(9)12(11)4-2/h3-8H,1-2H2. The Morgan fingerprint density at radius 3 is 2.50 bits per heavy atom. The molecule has 12 heavy (non-hydrogen) atoms. The molecule has 0 aliphatic rings. The first-order valence-corrected chi connectivity index (χ1v) is 4.75. The number of benzene rings is 1. The van der Waals surface area contributed by atoms with E-state index in [2.05, 4.69) is 13.2 Å². The zero-order valence-electron chi connectivity index (χ0n) is 6.69. The lowest BCUT2D eigenvalue weighted by molar-refractivity contribution is 0.688. The highest BCUT2D eigenvalue weighted by molar-refractivity contribution is 7.88. The number of hydrogen-bond donors (Lipinski definition) is 0. The third-order valence-corrected chi connectivity index (χ3v) is 2.62. The molecule has 0 amide bonds. The topological polar surface area (TPSA) is 17.1 Å². The molecule has 1 aromatic rings. The van der Waals surface area contributed by atoms with Gasteiger partial charge in [0.1, 0.15) is 0 Å². The average molecular weight is 178 g/mol. The van der Waals surface area contributed by atoms with Crippen LogP contribution in [0.1, 0.15) is 5.56 Å². The predicted octanol–water partition coefficient (Wildman–Crippen LogP) is 2.58. The van der Waals surface area contributed by atoms with Gasteiger partial charge in [-0.1, -0.05) is 37.4 Å². The Morgan fingerprint density at radius 2 is 1.92 bits per heavy atom. The molecule has 0 aliphatic carbocycles. The molecule has 0 radical (unpaired) electrons. The van der Waals surface area contributed by atoms with Crippen LogP contribution in [0.2, 0.25) is 0 Å². The van der Waals surface area contributed by atoms with Crippen molar-refractivity contribution in [1.29, 1.82) is 0 Å². The molecule has 0 fully saturated rings. The molecule has 0 bridgehead atoms. The molecule has 1 aromatic carbocycles. The van der Waals surface area contributed by atoms with Crippen LogP contribution in [-0.4, -0.2) is 4.21 Å². The zero-order valence-corrected chi connectivity index (χ0v) is 7.51. The molecule has 1 unspecified atom stereocenters. The Kier molecular flexibility index (Phi) is 3.00. The van der Waals surface area contributed by atoms with E-state index in [9.17, 15) is 4.21 Å². The Morgan fingerprint density at radius 1 is 1.25 bits per heavy atom. The first-order valence-electron chi connectivity index (χ1n) is 3.54. The van der Waals surface area contributed by atoms with Crippen molar-refractivity contribution in [2.75, 3.05) is 0 Å². The van der Waals surface area contributed by atoms with Crippen LogP contribution in [-0.2, 0) is 10.8 Å². The van der Waals surface area contributed by atoms with Crippen molar-refractivity contribution in [3.05, 3.63) is 48.4 Å². The lowest BCUT2D eigenvalue weighted by Gasteiger charge is -2.00. The molecule has 0 aliphatic heterocycles. The monoisotopic (exact) mass is 178 g/mol. The summed E-state index contributed by atoms with van der Waals surface area (Å²) in [5, 5.41) is 1.42. The van der Waals surface area contributed by atoms with Crippen molar-refractivity contribution in [3.63, 3.8) is 0 Å². The van der Waals surface area contributed by atoms with Crippen LogP contribution < -0.4 is 0 Å². The van der Waals surface area contributed by atoms with Gasteiger partial charge in [-0.05, 0) is 11.6 Å². The van der Waals surface area contributed by atoms with Crippen LogP contribution >= 0.6 is 0 Å². The fraction of sp³-hybridized carbons (Fsp3) is 0. The lowest BCUT2D eigenvalue weighted by atomic mass is 10.2. The van der Waals surface area contributed by atoms with E-state index in [1.807, 2.05) is 24.3 Å². The summed E-state index contributed by atoms with van der Waals surface area (Å²) in [7, 11) is -1.11.